The Morgan fingerprint density at radius 3 is 2.91 bits per heavy atom. The Balaban J connectivity index is 1.45. The van der Waals surface area contributed by atoms with Crippen molar-refractivity contribution in [3.05, 3.63) is 65.6 Å². The van der Waals surface area contributed by atoms with Crippen LogP contribution in [0.3, 0.4) is 0 Å². The quantitative estimate of drug-likeness (QED) is 0.638. The highest BCUT2D eigenvalue weighted by Gasteiger charge is 2.56. The summed E-state index contributed by atoms with van der Waals surface area (Å²) in [4.78, 5) is 35.6. The van der Waals surface area contributed by atoms with Gasteiger partial charge in [0.2, 0.25) is 5.91 Å². The van der Waals surface area contributed by atoms with E-state index in [1.54, 1.807) is 30.3 Å². The maximum absolute atomic E-state index is 13.1. The zero-order chi connectivity index (χ0) is 23.4. The number of allylic oxidation sites excluding steroid dienone is 1. The fraction of sp³-hybridized carbons (Fsp3) is 0.320. The topological polar surface area (TPSA) is 124 Å². The molecule has 0 spiro atoms. The van der Waals surface area contributed by atoms with Crippen LogP contribution in [0.25, 0.3) is 5.57 Å². The first kappa shape index (κ1) is 22.2. The Bertz CT molecular complexity index is 1180. The number of nitriles is 1. The van der Waals surface area contributed by atoms with Gasteiger partial charge in [-0.1, -0.05) is 18.2 Å². The number of hydrogen-bond acceptors (Lipinski definition) is 6. The number of aromatic nitrogens is 1. The molecular formula is C25H26N6O2. The van der Waals surface area contributed by atoms with Crippen molar-refractivity contribution in [3.8, 4) is 6.07 Å². The van der Waals surface area contributed by atoms with Crippen molar-refractivity contribution in [2.45, 2.75) is 25.8 Å². The Labute approximate surface area is 192 Å². The van der Waals surface area contributed by atoms with Crippen LogP contribution >= 0.6 is 0 Å². The second-order valence-corrected chi connectivity index (χ2v) is 8.36. The monoisotopic (exact) mass is 442 g/mol. The first-order valence-corrected chi connectivity index (χ1v) is 10.9. The maximum atomic E-state index is 13.1. The number of pyridine rings is 1. The summed E-state index contributed by atoms with van der Waals surface area (Å²) in [7, 11) is 1.68. The molecule has 1 saturated carbocycles. The molecule has 8 nitrogen and oxygen atoms in total. The highest BCUT2D eigenvalue weighted by Crippen LogP contribution is 2.51. The van der Waals surface area contributed by atoms with Gasteiger partial charge in [-0.2, -0.15) is 5.26 Å². The summed E-state index contributed by atoms with van der Waals surface area (Å²) in [5, 5.41) is 12.6. The van der Waals surface area contributed by atoms with Crippen molar-refractivity contribution in [2.75, 3.05) is 18.5 Å². The van der Waals surface area contributed by atoms with Crippen LogP contribution in [0.15, 0.2) is 53.8 Å². The molecular weight excluding hydrogens is 416 g/mol. The second kappa shape index (κ2) is 9.25. The third-order valence-corrected chi connectivity index (χ3v) is 6.28. The van der Waals surface area contributed by atoms with Crippen molar-refractivity contribution >= 4 is 29.3 Å². The van der Waals surface area contributed by atoms with Gasteiger partial charge in [-0.15, -0.1) is 0 Å². The molecule has 3 N–H and O–H groups in total. The van der Waals surface area contributed by atoms with E-state index in [2.05, 4.69) is 21.4 Å². The summed E-state index contributed by atoms with van der Waals surface area (Å²) < 4.78 is 0. The van der Waals surface area contributed by atoms with Crippen molar-refractivity contribution in [3.63, 3.8) is 0 Å². The van der Waals surface area contributed by atoms with Crippen molar-refractivity contribution in [1.29, 1.82) is 5.26 Å². The van der Waals surface area contributed by atoms with Gasteiger partial charge in [0, 0.05) is 50.0 Å². The summed E-state index contributed by atoms with van der Waals surface area (Å²) in [6, 6.07) is 13.3. The van der Waals surface area contributed by atoms with E-state index in [1.807, 2.05) is 24.3 Å². The third-order valence-electron chi connectivity index (χ3n) is 6.28. The van der Waals surface area contributed by atoms with Crippen molar-refractivity contribution < 1.29 is 9.59 Å². The van der Waals surface area contributed by atoms with Gasteiger partial charge in [0.1, 0.15) is 11.1 Å². The van der Waals surface area contributed by atoms with Crippen LogP contribution in [0, 0.1) is 22.7 Å². The van der Waals surface area contributed by atoms with Gasteiger partial charge >= 0.3 is 0 Å². The lowest BCUT2D eigenvalue weighted by molar-refractivity contribution is -0.123. The molecule has 8 heteroatoms. The molecule has 4 rings (SSSR count). The molecule has 33 heavy (non-hydrogen) atoms. The smallest absolute Gasteiger partial charge is 0.270 e. The molecule has 1 aliphatic carbocycles. The lowest BCUT2D eigenvalue weighted by Crippen LogP contribution is -2.35. The molecule has 0 radical (unpaired) electrons. The van der Waals surface area contributed by atoms with E-state index >= 15 is 0 Å². The van der Waals surface area contributed by atoms with E-state index in [1.165, 1.54) is 12.4 Å². The molecule has 1 saturated heterocycles. The number of aliphatic imine (C=N–C) groups is 1. The number of carbonyl (C=O) groups is 2. The number of benzene rings is 1. The highest BCUT2D eigenvalue weighted by atomic mass is 16.2. The first-order valence-electron chi connectivity index (χ1n) is 10.9. The zero-order valence-electron chi connectivity index (χ0n) is 18.5. The van der Waals surface area contributed by atoms with Crippen LogP contribution in [0.1, 0.15) is 40.9 Å². The van der Waals surface area contributed by atoms with Crippen LogP contribution in [0.2, 0.25) is 0 Å². The minimum Gasteiger partial charge on any atom is -0.404 e. The minimum atomic E-state index is -0.921. The van der Waals surface area contributed by atoms with Gasteiger partial charge in [0.15, 0.2) is 0 Å². The summed E-state index contributed by atoms with van der Waals surface area (Å²) >= 11 is 0. The summed E-state index contributed by atoms with van der Waals surface area (Å²) in [5.74, 6) is -0.354. The molecule has 168 valence electrons. The van der Waals surface area contributed by atoms with Gasteiger partial charge in [-0.25, -0.2) is 0 Å². The molecule has 0 bridgehead atoms. The molecule has 2 aliphatic rings. The lowest BCUT2D eigenvalue weighted by atomic mass is 9.83. The van der Waals surface area contributed by atoms with E-state index in [0.717, 1.165) is 29.5 Å². The highest BCUT2D eigenvalue weighted by molar-refractivity contribution is 6.09. The van der Waals surface area contributed by atoms with Gasteiger partial charge in [-0.3, -0.25) is 19.6 Å². The van der Waals surface area contributed by atoms with Crippen molar-refractivity contribution in [1.82, 2.24) is 10.3 Å². The third kappa shape index (κ3) is 4.35. The molecule has 0 unspecified atom stereocenters. The van der Waals surface area contributed by atoms with Crippen LogP contribution < -0.4 is 16.0 Å². The largest absolute Gasteiger partial charge is 0.404 e. The fourth-order valence-corrected chi connectivity index (χ4v) is 4.33. The molecule has 1 atom stereocenters. The Morgan fingerprint density at radius 2 is 2.21 bits per heavy atom. The van der Waals surface area contributed by atoms with Crippen LogP contribution in [0.4, 0.5) is 5.69 Å². The van der Waals surface area contributed by atoms with E-state index in [-0.39, 0.29) is 23.4 Å². The van der Waals surface area contributed by atoms with Crippen LogP contribution in [-0.2, 0) is 11.3 Å². The van der Waals surface area contributed by atoms with E-state index in [4.69, 9.17) is 5.73 Å². The number of carbonyl (C=O) groups excluding carboxylic acids is 2. The molecule has 1 aliphatic heterocycles. The minimum absolute atomic E-state index is 0.151. The predicted octanol–water partition coefficient (Wildman–Crippen LogP) is 2.67. The number of amides is 2. The predicted molar refractivity (Wildman–Crippen MR) is 126 cm³/mol. The number of nitrogens with two attached hydrogens (primary N) is 1. The average molecular weight is 443 g/mol. The van der Waals surface area contributed by atoms with E-state index in [9.17, 15) is 14.9 Å². The molecule has 2 amide bonds. The molecule has 2 aromatic rings. The molecule has 1 aromatic carbocycles. The Morgan fingerprint density at radius 1 is 1.39 bits per heavy atom. The summed E-state index contributed by atoms with van der Waals surface area (Å²) in [6.45, 7) is 0.778. The zero-order valence-corrected chi connectivity index (χ0v) is 18.5. The number of anilines is 1. The normalized spacial score (nSPS) is 20.8. The van der Waals surface area contributed by atoms with Gasteiger partial charge in [0.05, 0.1) is 6.07 Å². The van der Waals surface area contributed by atoms with Gasteiger partial charge in [0.25, 0.3) is 5.91 Å². The fourth-order valence-electron chi connectivity index (χ4n) is 4.33. The lowest BCUT2D eigenvalue weighted by Gasteiger charge is -2.21. The van der Waals surface area contributed by atoms with Crippen LogP contribution in [0.5, 0.6) is 0 Å². The van der Waals surface area contributed by atoms with E-state index in [0.29, 0.717) is 25.2 Å². The van der Waals surface area contributed by atoms with Crippen molar-refractivity contribution in [2.24, 2.45) is 22.1 Å². The summed E-state index contributed by atoms with van der Waals surface area (Å²) in [5.41, 5.74) is 8.17. The number of hydrogen-bond donors (Lipinski definition) is 2. The Hall–Kier alpha value is -3.99. The molecule has 2 fully saturated rings. The first-order chi connectivity index (χ1) is 16.0. The molecule has 1 aromatic heterocycles. The number of nitrogens with zero attached hydrogens (tertiary/aromatic N) is 4. The number of nitrogens with one attached hydrogen (secondary N) is 1. The van der Waals surface area contributed by atoms with E-state index < -0.39 is 5.41 Å². The summed E-state index contributed by atoms with van der Waals surface area (Å²) in [6.07, 6.45) is 7.05. The maximum Gasteiger partial charge on any atom is 0.270 e. The Kier molecular flexibility index (Phi) is 6.22. The van der Waals surface area contributed by atoms with Gasteiger partial charge < -0.3 is 16.0 Å². The molecule has 2 heterocycles. The van der Waals surface area contributed by atoms with Gasteiger partial charge in [-0.05, 0) is 54.5 Å². The van der Waals surface area contributed by atoms with Crippen LogP contribution in [-0.4, -0.2) is 36.6 Å². The number of rotatable bonds is 7. The second-order valence-electron chi connectivity index (χ2n) is 8.36. The average Bonchev–Trinajstić information content (AvgIpc) is 3.65. The standard InChI is InChI=1S/C25H26N6O2/c1-28-15-19(13-26)18-4-2-3-17(11-18)14-30-23(32)22-12-21(7-9-29-22)31-10-8-25(16-27,24(31)33)20-5-6-20/h2-4,7,9,11-13,15,20H,5-6,8,10,14,26H2,1H3,(H,30,32)/t25-/m1/s1. The SMILES string of the molecule is CN=CC(=CN)c1cccc(CNC(=O)c2cc(N3CC[C@@](C#N)(C4CC4)C3=O)ccn2)c1.